The number of rotatable bonds is 12. The fraction of sp³-hybridized carbons (Fsp3) is 0.276. The minimum atomic E-state index is -0.620. The summed E-state index contributed by atoms with van der Waals surface area (Å²) in [5.41, 5.74) is 15.5. The maximum atomic E-state index is 13.4. The lowest BCUT2D eigenvalue weighted by Crippen LogP contribution is -2.42. The maximum Gasteiger partial charge on any atom is 0.237 e. The normalized spacial score (nSPS) is 12.9. The third-order valence-electron chi connectivity index (χ3n) is 6.38. The van der Waals surface area contributed by atoms with Crippen molar-refractivity contribution in [3.05, 3.63) is 94.5 Å². The molecule has 0 spiro atoms. The molecule has 8 nitrogen and oxygen atoms in total. The summed E-state index contributed by atoms with van der Waals surface area (Å²) in [4.78, 5) is 39.2. The number of nitrogens with one attached hydrogen (secondary N) is 3. The minimum absolute atomic E-state index is 0.177. The molecule has 192 valence electrons. The summed E-state index contributed by atoms with van der Waals surface area (Å²) < 4.78 is 0. The molecule has 0 aliphatic heterocycles. The molecule has 7 N–H and O–H groups in total. The van der Waals surface area contributed by atoms with Crippen molar-refractivity contribution in [2.45, 2.75) is 25.3 Å². The lowest BCUT2D eigenvalue weighted by atomic mass is 9.82. The van der Waals surface area contributed by atoms with Crippen LogP contribution in [0.1, 0.15) is 50.2 Å². The molecule has 0 bridgehead atoms. The van der Waals surface area contributed by atoms with Crippen LogP contribution in [0.4, 0.5) is 11.4 Å². The highest BCUT2D eigenvalue weighted by Crippen LogP contribution is 2.36. The topological polar surface area (TPSA) is 139 Å². The van der Waals surface area contributed by atoms with Crippen LogP contribution in [0.25, 0.3) is 0 Å². The maximum absolute atomic E-state index is 13.4. The molecule has 37 heavy (non-hydrogen) atoms. The summed E-state index contributed by atoms with van der Waals surface area (Å²) in [6.07, 6.45) is 1.84. The molecule has 0 saturated heterocycles. The number of carbonyl (C=O) groups is 3. The highest BCUT2D eigenvalue weighted by atomic mass is 16.2. The van der Waals surface area contributed by atoms with E-state index in [2.05, 4.69) is 16.0 Å². The zero-order valence-corrected chi connectivity index (χ0v) is 20.8. The first kappa shape index (κ1) is 26.1. The van der Waals surface area contributed by atoms with Crippen LogP contribution >= 0.6 is 0 Å². The quantitative estimate of drug-likeness (QED) is 0.189. The number of amides is 1. The van der Waals surface area contributed by atoms with Gasteiger partial charge in [0, 0.05) is 42.1 Å². The van der Waals surface area contributed by atoms with Crippen molar-refractivity contribution in [1.29, 1.82) is 0 Å². The summed E-state index contributed by atoms with van der Waals surface area (Å²) >= 11 is 0. The van der Waals surface area contributed by atoms with Gasteiger partial charge in [-0.2, -0.15) is 0 Å². The monoisotopic (exact) mass is 499 g/mol. The Labute approximate surface area is 216 Å². The lowest BCUT2D eigenvalue weighted by Gasteiger charge is -2.24. The van der Waals surface area contributed by atoms with Crippen molar-refractivity contribution in [3.8, 4) is 0 Å². The van der Waals surface area contributed by atoms with Crippen LogP contribution in [0.5, 0.6) is 0 Å². The van der Waals surface area contributed by atoms with Crippen molar-refractivity contribution in [2.24, 2.45) is 11.5 Å². The molecule has 0 unspecified atom stereocenters. The molecule has 0 aromatic heterocycles. The van der Waals surface area contributed by atoms with E-state index >= 15 is 0 Å². The summed E-state index contributed by atoms with van der Waals surface area (Å²) in [6, 6.07) is 19.6. The molecule has 1 amide bonds. The Morgan fingerprint density at radius 3 is 1.84 bits per heavy atom. The van der Waals surface area contributed by atoms with Crippen LogP contribution in [0.2, 0.25) is 0 Å². The van der Waals surface area contributed by atoms with Gasteiger partial charge >= 0.3 is 0 Å². The standard InChI is InChI=1S/C29H33N5O3/c30-14-6-15-32-23-12-13-24(26-25(23)27(35)20-10-4-5-11-21(20)28(26)36)33-16-7-17-34-29(37)22(31)18-19-8-2-1-3-9-19/h1-5,8-13,22,32-33H,6-7,14-18,30-31H2,(H,34,37)/t22-/m0/s1. The van der Waals surface area contributed by atoms with Crippen molar-refractivity contribution in [2.75, 3.05) is 36.8 Å². The van der Waals surface area contributed by atoms with Crippen LogP contribution in [0, 0.1) is 0 Å². The van der Waals surface area contributed by atoms with E-state index in [1.165, 1.54) is 0 Å². The smallest absolute Gasteiger partial charge is 0.237 e. The van der Waals surface area contributed by atoms with Crippen LogP contribution in [0.3, 0.4) is 0 Å². The highest BCUT2D eigenvalue weighted by Gasteiger charge is 2.33. The van der Waals surface area contributed by atoms with Gasteiger partial charge in [0.1, 0.15) is 0 Å². The van der Waals surface area contributed by atoms with E-state index in [4.69, 9.17) is 11.5 Å². The molecule has 1 aliphatic rings. The second-order valence-electron chi connectivity index (χ2n) is 9.05. The predicted molar refractivity (Wildman–Crippen MR) is 146 cm³/mol. The fourth-order valence-corrected chi connectivity index (χ4v) is 4.46. The molecule has 0 heterocycles. The molecule has 0 radical (unpaired) electrons. The number of hydrogen-bond donors (Lipinski definition) is 5. The van der Waals surface area contributed by atoms with E-state index in [0.29, 0.717) is 72.6 Å². The number of nitrogens with two attached hydrogens (primary N) is 2. The van der Waals surface area contributed by atoms with Crippen molar-refractivity contribution in [1.82, 2.24) is 5.32 Å². The van der Waals surface area contributed by atoms with E-state index in [1.54, 1.807) is 24.3 Å². The zero-order chi connectivity index (χ0) is 26.2. The summed E-state index contributed by atoms with van der Waals surface area (Å²) in [5.74, 6) is -0.564. The van der Waals surface area contributed by atoms with Gasteiger partial charge in [-0.15, -0.1) is 0 Å². The third kappa shape index (κ3) is 6.04. The Morgan fingerprint density at radius 1 is 0.730 bits per heavy atom. The molecule has 3 aromatic carbocycles. The van der Waals surface area contributed by atoms with Crippen molar-refractivity contribution < 1.29 is 14.4 Å². The van der Waals surface area contributed by atoms with Gasteiger partial charge in [-0.3, -0.25) is 14.4 Å². The van der Waals surface area contributed by atoms with Crippen molar-refractivity contribution in [3.63, 3.8) is 0 Å². The number of ketones is 2. The molecule has 1 aliphatic carbocycles. The molecule has 0 fully saturated rings. The van der Waals surface area contributed by atoms with Gasteiger partial charge in [-0.25, -0.2) is 0 Å². The van der Waals surface area contributed by atoms with Crippen LogP contribution < -0.4 is 27.4 Å². The molecular weight excluding hydrogens is 466 g/mol. The van der Waals surface area contributed by atoms with Gasteiger partial charge in [-0.1, -0.05) is 54.6 Å². The summed E-state index contributed by atoms with van der Waals surface area (Å²) in [5, 5.41) is 9.42. The molecule has 0 saturated carbocycles. The first-order chi connectivity index (χ1) is 18.0. The number of benzene rings is 3. The highest BCUT2D eigenvalue weighted by molar-refractivity contribution is 6.31. The molecular formula is C29H33N5O3. The Morgan fingerprint density at radius 2 is 1.27 bits per heavy atom. The van der Waals surface area contributed by atoms with Gasteiger partial charge in [0.15, 0.2) is 11.6 Å². The van der Waals surface area contributed by atoms with E-state index in [0.717, 1.165) is 12.0 Å². The van der Waals surface area contributed by atoms with Crippen LogP contribution in [-0.2, 0) is 11.2 Å². The number of hydrogen-bond acceptors (Lipinski definition) is 7. The molecule has 1 atom stereocenters. The van der Waals surface area contributed by atoms with Gasteiger partial charge in [0.2, 0.25) is 5.91 Å². The summed E-state index contributed by atoms with van der Waals surface area (Å²) in [7, 11) is 0. The van der Waals surface area contributed by atoms with Gasteiger partial charge in [-0.05, 0) is 43.5 Å². The van der Waals surface area contributed by atoms with E-state index in [-0.39, 0.29) is 17.5 Å². The minimum Gasteiger partial charge on any atom is -0.384 e. The Balaban J connectivity index is 1.40. The molecule has 3 aromatic rings. The first-order valence-corrected chi connectivity index (χ1v) is 12.6. The fourth-order valence-electron chi connectivity index (χ4n) is 4.46. The van der Waals surface area contributed by atoms with Crippen LogP contribution in [-0.4, -0.2) is 49.7 Å². The van der Waals surface area contributed by atoms with E-state index in [9.17, 15) is 14.4 Å². The Hall–Kier alpha value is -4.01. The number of carbonyl (C=O) groups excluding carboxylic acids is 3. The second kappa shape index (κ2) is 12.3. The largest absolute Gasteiger partial charge is 0.384 e. The average Bonchev–Trinajstić information content (AvgIpc) is 2.92. The van der Waals surface area contributed by atoms with E-state index < -0.39 is 6.04 Å². The lowest BCUT2D eigenvalue weighted by molar-refractivity contribution is -0.122. The molecule has 4 rings (SSSR count). The van der Waals surface area contributed by atoms with Gasteiger partial charge in [0.05, 0.1) is 17.2 Å². The molecule has 8 heteroatoms. The van der Waals surface area contributed by atoms with Gasteiger partial charge < -0.3 is 27.4 Å². The SMILES string of the molecule is NCCCNc1ccc(NCCCNC(=O)[C@@H](N)Cc2ccccc2)c2c1C(=O)c1ccccc1C2=O. The first-order valence-electron chi connectivity index (χ1n) is 12.6. The van der Waals surface area contributed by atoms with Crippen LogP contribution in [0.15, 0.2) is 66.7 Å². The van der Waals surface area contributed by atoms with E-state index in [1.807, 2.05) is 42.5 Å². The number of fused-ring (bicyclic) bond motifs is 2. The summed E-state index contributed by atoms with van der Waals surface area (Å²) in [6.45, 7) is 2.07. The predicted octanol–water partition coefficient (Wildman–Crippen LogP) is 2.71. The zero-order valence-electron chi connectivity index (χ0n) is 20.8. The second-order valence-corrected chi connectivity index (χ2v) is 9.05. The third-order valence-corrected chi connectivity index (χ3v) is 6.38. The van der Waals surface area contributed by atoms with Gasteiger partial charge in [0.25, 0.3) is 0 Å². The Bertz CT molecular complexity index is 1280. The average molecular weight is 500 g/mol. The number of anilines is 2. The van der Waals surface area contributed by atoms with Crippen molar-refractivity contribution >= 4 is 28.8 Å². The Kier molecular flexibility index (Phi) is 8.66.